The minimum atomic E-state index is -3.18. The van der Waals surface area contributed by atoms with Gasteiger partial charge in [0.25, 0.3) is 0 Å². The first kappa shape index (κ1) is 14.6. The molecule has 2 bridgehead atoms. The van der Waals surface area contributed by atoms with Crippen molar-refractivity contribution >= 4 is 10.0 Å². The fraction of sp³-hybridized carbons (Fsp3) is 0.750. The number of hydrogen-bond donors (Lipinski definition) is 0. The molecule has 1 aliphatic carbocycles. The van der Waals surface area contributed by atoms with Crippen molar-refractivity contribution < 1.29 is 8.42 Å². The molecule has 22 heavy (non-hydrogen) atoms. The van der Waals surface area contributed by atoms with E-state index in [1.807, 2.05) is 10.5 Å². The lowest BCUT2D eigenvalue weighted by atomic mass is 9.91. The summed E-state index contributed by atoms with van der Waals surface area (Å²) in [6, 6.07) is 0.0875. The van der Waals surface area contributed by atoms with E-state index in [0.29, 0.717) is 11.7 Å². The maximum absolute atomic E-state index is 13.0. The first-order valence-electron chi connectivity index (χ1n) is 8.45. The third-order valence-corrected chi connectivity index (χ3v) is 7.64. The monoisotopic (exact) mass is 321 g/mol. The lowest BCUT2D eigenvalue weighted by Crippen LogP contribution is -2.44. The second-order valence-electron chi connectivity index (χ2n) is 6.99. The largest absolute Gasteiger partial charge is 0.244 e. The summed E-state index contributed by atoms with van der Waals surface area (Å²) in [4.78, 5) is 8.47. The Morgan fingerprint density at radius 2 is 1.95 bits per heavy atom. The van der Waals surface area contributed by atoms with Gasteiger partial charge in [-0.15, -0.1) is 0 Å². The fourth-order valence-corrected chi connectivity index (χ4v) is 6.88. The number of rotatable bonds is 3. The van der Waals surface area contributed by atoms with Crippen LogP contribution < -0.4 is 0 Å². The van der Waals surface area contributed by atoms with E-state index >= 15 is 0 Å². The van der Waals surface area contributed by atoms with Gasteiger partial charge in [0.1, 0.15) is 6.33 Å². The van der Waals surface area contributed by atoms with Crippen molar-refractivity contribution in [3.8, 4) is 0 Å². The molecule has 0 spiro atoms. The van der Waals surface area contributed by atoms with Crippen molar-refractivity contribution in [2.45, 2.75) is 63.5 Å². The Balaban J connectivity index is 1.60. The molecule has 1 aromatic rings. The molecule has 1 saturated carbocycles. The molecular weight excluding hydrogens is 298 g/mol. The summed E-state index contributed by atoms with van der Waals surface area (Å²) < 4.78 is 27.8. The Morgan fingerprint density at radius 3 is 2.77 bits per heavy atom. The lowest BCUT2D eigenvalue weighted by Gasteiger charge is -2.35. The molecule has 2 atom stereocenters. The summed E-state index contributed by atoms with van der Waals surface area (Å²) in [6.45, 7) is 0. The maximum atomic E-state index is 13.0. The van der Waals surface area contributed by atoms with Gasteiger partial charge in [-0.2, -0.15) is 4.31 Å². The van der Waals surface area contributed by atoms with Gasteiger partial charge in [0.15, 0.2) is 0 Å². The van der Waals surface area contributed by atoms with Gasteiger partial charge in [-0.1, -0.05) is 19.3 Å². The van der Waals surface area contributed by atoms with Crippen LogP contribution in [0.4, 0.5) is 0 Å². The minimum absolute atomic E-state index is 0.0245. The molecule has 0 amide bonds. The highest BCUT2D eigenvalue weighted by Gasteiger charge is 2.47. The SMILES string of the molecule is O=S(=O)(CC1CCCCC1)N1C2CCC1c1cncnc1C2. The molecule has 3 heterocycles. The lowest BCUT2D eigenvalue weighted by molar-refractivity contribution is 0.293. The number of sulfonamides is 1. The standard InChI is InChI=1S/C16H23N3O2S/c20-22(21,10-12-4-2-1-3-5-12)19-13-6-7-16(19)14-9-17-11-18-15(14)8-13/h9,11-13,16H,1-8,10H2. The van der Waals surface area contributed by atoms with E-state index in [4.69, 9.17) is 0 Å². The summed E-state index contributed by atoms with van der Waals surface area (Å²) in [6.07, 6.45) is 11.8. The Kier molecular flexibility index (Phi) is 3.69. The zero-order chi connectivity index (χ0) is 15.2. The van der Waals surface area contributed by atoms with Crippen molar-refractivity contribution in [1.29, 1.82) is 0 Å². The molecule has 1 aromatic heterocycles. The molecule has 0 N–H and O–H groups in total. The predicted molar refractivity (Wildman–Crippen MR) is 83.7 cm³/mol. The van der Waals surface area contributed by atoms with Gasteiger partial charge in [-0.05, 0) is 31.6 Å². The van der Waals surface area contributed by atoms with Crippen LogP contribution in [0.1, 0.15) is 62.2 Å². The average Bonchev–Trinajstić information content (AvgIpc) is 2.85. The zero-order valence-corrected chi connectivity index (χ0v) is 13.6. The minimum Gasteiger partial charge on any atom is -0.244 e. The molecule has 120 valence electrons. The molecule has 6 heteroatoms. The van der Waals surface area contributed by atoms with Crippen molar-refractivity contribution in [2.24, 2.45) is 5.92 Å². The molecular formula is C16H23N3O2S. The van der Waals surface area contributed by atoms with E-state index < -0.39 is 10.0 Å². The average molecular weight is 321 g/mol. The summed E-state index contributed by atoms with van der Waals surface area (Å²) in [5, 5.41) is 0. The number of fused-ring (bicyclic) bond motifs is 4. The van der Waals surface area contributed by atoms with Gasteiger partial charge in [-0.3, -0.25) is 0 Å². The van der Waals surface area contributed by atoms with Crippen LogP contribution in [-0.4, -0.2) is 34.5 Å². The number of aromatic nitrogens is 2. The van der Waals surface area contributed by atoms with Crippen molar-refractivity contribution in [2.75, 3.05) is 5.75 Å². The van der Waals surface area contributed by atoms with E-state index in [2.05, 4.69) is 9.97 Å². The summed E-state index contributed by atoms with van der Waals surface area (Å²) in [7, 11) is -3.18. The quantitative estimate of drug-likeness (QED) is 0.858. The van der Waals surface area contributed by atoms with E-state index in [1.165, 1.54) is 19.3 Å². The van der Waals surface area contributed by atoms with Crippen LogP contribution in [0.5, 0.6) is 0 Å². The summed E-state index contributed by atoms with van der Waals surface area (Å²) in [5.41, 5.74) is 2.08. The first-order chi connectivity index (χ1) is 10.6. The third kappa shape index (κ3) is 2.46. The Labute approximate surface area is 132 Å². The van der Waals surface area contributed by atoms with Gasteiger partial charge in [0.05, 0.1) is 17.5 Å². The number of nitrogens with zero attached hydrogens (tertiary/aromatic N) is 3. The van der Waals surface area contributed by atoms with Gasteiger partial charge in [0, 0.05) is 24.2 Å². The molecule has 2 fully saturated rings. The third-order valence-electron chi connectivity index (χ3n) is 5.55. The molecule has 4 rings (SSSR count). The van der Waals surface area contributed by atoms with Crippen LogP contribution in [-0.2, 0) is 16.4 Å². The normalized spacial score (nSPS) is 29.5. The van der Waals surface area contributed by atoms with E-state index in [9.17, 15) is 8.42 Å². The Bertz CT molecular complexity index is 655. The first-order valence-corrected chi connectivity index (χ1v) is 10.1. The van der Waals surface area contributed by atoms with Crippen LogP contribution in [0.3, 0.4) is 0 Å². The van der Waals surface area contributed by atoms with Crippen LogP contribution in [0.15, 0.2) is 12.5 Å². The summed E-state index contributed by atoms with van der Waals surface area (Å²) in [5.74, 6) is 0.690. The maximum Gasteiger partial charge on any atom is 0.215 e. The van der Waals surface area contributed by atoms with E-state index in [-0.39, 0.29) is 12.1 Å². The second kappa shape index (κ2) is 5.57. The second-order valence-corrected chi connectivity index (χ2v) is 8.91. The van der Waals surface area contributed by atoms with Crippen LogP contribution in [0.2, 0.25) is 0 Å². The highest BCUT2D eigenvalue weighted by atomic mass is 32.2. The van der Waals surface area contributed by atoms with Crippen molar-refractivity contribution in [3.05, 3.63) is 23.8 Å². The highest BCUT2D eigenvalue weighted by Crippen LogP contribution is 2.45. The molecule has 5 nitrogen and oxygen atoms in total. The van der Waals surface area contributed by atoms with Gasteiger partial charge in [-0.25, -0.2) is 18.4 Å². The van der Waals surface area contributed by atoms with Gasteiger partial charge < -0.3 is 0 Å². The smallest absolute Gasteiger partial charge is 0.215 e. The molecule has 1 saturated heterocycles. The zero-order valence-electron chi connectivity index (χ0n) is 12.8. The van der Waals surface area contributed by atoms with Gasteiger partial charge >= 0.3 is 0 Å². The molecule has 2 aliphatic heterocycles. The van der Waals surface area contributed by atoms with Crippen LogP contribution in [0.25, 0.3) is 0 Å². The summed E-state index contributed by atoms with van der Waals surface area (Å²) >= 11 is 0. The highest BCUT2D eigenvalue weighted by molar-refractivity contribution is 7.89. The molecule has 0 radical (unpaired) electrons. The van der Waals surface area contributed by atoms with Crippen LogP contribution >= 0.6 is 0 Å². The van der Waals surface area contributed by atoms with Crippen LogP contribution in [0, 0.1) is 5.92 Å². The topological polar surface area (TPSA) is 63.2 Å². The van der Waals surface area contributed by atoms with E-state index in [1.54, 1.807) is 6.33 Å². The molecule has 3 aliphatic rings. The number of hydrogen-bond acceptors (Lipinski definition) is 4. The van der Waals surface area contributed by atoms with E-state index in [0.717, 1.165) is 43.4 Å². The molecule has 2 unspecified atom stereocenters. The van der Waals surface area contributed by atoms with Crippen molar-refractivity contribution in [3.63, 3.8) is 0 Å². The van der Waals surface area contributed by atoms with Gasteiger partial charge in [0.2, 0.25) is 10.0 Å². The fourth-order valence-electron chi connectivity index (χ4n) is 4.54. The molecule has 0 aromatic carbocycles. The predicted octanol–water partition coefficient (Wildman–Crippen LogP) is 2.45. The Hall–Kier alpha value is -1.01. The van der Waals surface area contributed by atoms with Crippen molar-refractivity contribution in [1.82, 2.24) is 14.3 Å². The Morgan fingerprint density at radius 1 is 1.14 bits per heavy atom.